The summed E-state index contributed by atoms with van der Waals surface area (Å²) in [5.41, 5.74) is 7.02. The standard InChI is InChI=1S/C26H47N.BrH/c27-25-21-16-14-12-10-8-6-4-2-1-3-5-7-9-11-13-15-18-22-26-23-19-17-20-24-26;/h17,19-20,23-24H,1-16,18,21-22,25,27H2;1H. The van der Waals surface area contributed by atoms with Gasteiger partial charge in [-0.15, -0.1) is 17.0 Å². The van der Waals surface area contributed by atoms with Gasteiger partial charge in [0, 0.05) is 0 Å². The molecule has 1 aromatic carbocycles. The lowest BCUT2D eigenvalue weighted by Crippen LogP contribution is -1.97. The Balaban J connectivity index is 0.00000729. The number of aryl methyl sites for hydroxylation is 1. The van der Waals surface area contributed by atoms with E-state index in [1.165, 1.54) is 128 Å². The lowest BCUT2D eigenvalue weighted by molar-refractivity contribution is 0.524. The van der Waals surface area contributed by atoms with Crippen molar-refractivity contribution in [2.75, 3.05) is 6.54 Å². The third-order valence-electron chi connectivity index (χ3n) is 5.76. The quantitative estimate of drug-likeness (QED) is 0.196. The van der Waals surface area contributed by atoms with Gasteiger partial charge in [-0.3, -0.25) is 0 Å². The van der Waals surface area contributed by atoms with Crippen molar-refractivity contribution >= 4 is 17.0 Å². The van der Waals surface area contributed by atoms with Crippen LogP contribution in [0.2, 0.25) is 0 Å². The Hall–Kier alpha value is -0.340. The van der Waals surface area contributed by atoms with Gasteiger partial charge in [-0.2, -0.15) is 0 Å². The van der Waals surface area contributed by atoms with Crippen molar-refractivity contribution in [1.82, 2.24) is 0 Å². The van der Waals surface area contributed by atoms with Crippen LogP contribution in [0, 0.1) is 0 Å². The minimum Gasteiger partial charge on any atom is -0.330 e. The molecule has 0 radical (unpaired) electrons. The molecule has 1 aromatic rings. The molecule has 28 heavy (non-hydrogen) atoms. The van der Waals surface area contributed by atoms with E-state index in [1.54, 1.807) is 0 Å². The predicted molar refractivity (Wildman–Crippen MR) is 133 cm³/mol. The fraction of sp³-hybridized carbons (Fsp3) is 0.769. The largest absolute Gasteiger partial charge is 0.330 e. The zero-order valence-corrected chi connectivity index (χ0v) is 20.2. The highest BCUT2D eigenvalue weighted by Gasteiger charge is 1.96. The minimum atomic E-state index is 0. The number of unbranched alkanes of at least 4 members (excludes halogenated alkanes) is 17. The van der Waals surface area contributed by atoms with E-state index in [1.807, 2.05) is 0 Å². The van der Waals surface area contributed by atoms with Crippen molar-refractivity contribution in [2.45, 2.75) is 122 Å². The molecule has 1 nitrogen and oxygen atoms in total. The van der Waals surface area contributed by atoms with E-state index >= 15 is 0 Å². The second-order valence-corrected chi connectivity index (χ2v) is 8.39. The molecule has 0 aliphatic rings. The molecule has 0 atom stereocenters. The SMILES string of the molecule is Br.NCCCCCCCCCCCCCCCCCCCCc1ccccc1. The van der Waals surface area contributed by atoms with Crippen LogP contribution in [0.25, 0.3) is 0 Å². The molecule has 0 heterocycles. The molecule has 0 saturated carbocycles. The summed E-state index contributed by atoms with van der Waals surface area (Å²) in [6.45, 7) is 0.870. The van der Waals surface area contributed by atoms with Gasteiger partial charge in [-0.05, 0) is 31.4 Å². The molecule has 2 N–H and O–H groups in total. The van der Waals surface area contributed by atoms with Crippen molar-refractivity contribution in [2.24, 2.45) is 5.73 Å². The average Bonchev–Trinajstić information content (AvgIpc) is 2.70. The number of nitrogens with two attached hydrogens (primary N) is 1. The fourth-order valence-electron chi connectivity index (χ4n) is 3.95. The number of hydrogen-bond donors (Lipinski definition) is 1. The number of halogens is 1. The summed E-state index contributed by atoms with van der Waals surface area (Å²) in [5, 5.41) is 0. The molecular formula is C26H48BrN. The van der Waals surface area contributed by atoms with Crippen LogP contribution in [-0.2, 0) is 6.42 Å². The van der Waals surface area contributed by atoms with Crippen LogP contribution in [0.15, 0.2) is 30.3 Å². The number of rotatable bonds is 20. The normalized spacial score (nSPS) is 10.8. The summed E-state index contributed by atoms with van der Waals surface area (Å²) in [7, 11) is 0. The molecule has 0 bridgehead atoms. The van der Waals surface area contributed by atoms with Gasteiger partial charge in [0.25, 0.3) is 0 Å². The summed E-state index contributed by atoms with van der Waals surface area (Å²) in [6, 6.07) is 10.9. The van der Waals surface area contributed by atoms with Crippen LogP contribution in [0.3, 0.4) is 0 Å². The van der Waals surface area contributed by atoms with E-state index in [4.69, 9.17) is 5.73 Å². The zero-order chi connectivity index (χ0) is 19.3. The van der Waals surface area contributed by atoms with Crippen LogP contribution in [0.5, 0.6) is 0 Å². The van der Waals surface area contributed by atoms with Crippen molar-refractivity contribution in [3.8, 4) is 0 Å². The van der Waals surface area contributed by atoms with Gasteiger partial charge in [0.05, 0.1) is 0 Å². The smallest absolute Gasteiger partial charge is 0.00773 e. The Morgan fingerprint density at radius 3 is 1.11 bits per heavy atom. The Kier molecular flexibility index (Phi) is 22.7. The molecule has 1 rings (SSSR count). The summed E-state index contributed by atoms with van der Waals surface area (Å²) in [4.78, 5) is 0. The van der Waals surface area contributed by atoms with Crippen molar-refractivity contribution in [3.63, 3.8) is 0 Å². The van der Waals surface area contributed by atoms with Crippen LogP contribution in [0.4, 0.5) is 0 Å². The third-order valence-corrected chi connectivity index (χ3v) is 5.76. The summed E-state index contributed by atoms with van der Waals surface area (Å²) >= 11 is 0. The van der Waals surface area contributed by atoms with Crippen molar-refractivity contribution in [3.05, 3.63) is 35.9 Å². The Bertz CT molecular complexity index is 393. The third kappa shape index (κ3) is 19.0. The first-order valence-electron chi connectivity index (χ1n) is 12.2. The second kappa shape index (κ2) is 22.9. The maximum Gasteiger partial charge on any atom is -0.00773 e. The highest BCUT2D eigenvalue weighted by atomic mass is 79.9. The molecule has 164 valence electrons. The lowest BCUT2D eigenvalue weighted by atomic mass is 10.0. The molecule has 0 aliphatic carbocycles. The first-order chi connectivity index (χ1) is 13.4. The van der Waals surface area contributed by atoms with Gasteiger partial charge in [0.1, 0.15) is 0 Å². The monoisotopic (exact) mass is 453 g/mol. The van der Waals surface area contributed by atoms with E-state index in [-0.39, 0.29) is 17.0 Å². The highest BCUT2D eigenvalue weighted by molar-refractivity contribution is 8.93. The van der Waals surface area contributed by atoms with Gasteiger partial charge in [0.2, 0.25) is 0 Å². The average molecular weight is 455 g/mol. The van der Waals surface area contributed by atoms with Gasteiger partial charge in [-0.25, -0.2) is 0 Å². The minimum absolute atomic E-state index is 0. The lowest BCUT2D eigenvalue weighted by Gasteiger charge is -2.04. The van der Waals surface area contributed by atoms with E-state index in [9.17, 15) is 0 Å². The first-order valence-corrected chi connectivity index (χ1v) is 12.2. The Morgan fingerprint density at radius 1 is 0.429 bits per heavy atom. The highest BCUT2D eigenvalue weighted by Crippen LogP contribution is 2.14. The van der Waals surface area contributed by atoms with Crippen LogP contribution >= 0.6 is 17.0 Å². The van der Waals surface area contributed by atoms with Crippen molar-refractivity contribution in [1.29, 1.82) is 0 Å². The van der Waals surface area contributed by atoms with Crippen LogP contribution < -0.4 is 5.73 Å². The molecule has 0 unspecified atom stereocenters. The van der Waals surface area contributed by atoms with E-state index < -0.39 is 0 Å². The van der Waals surface area contributed by atoms with E-state index in [0.29, 0.717) is 0 Å². The fourth-order valence-corrected chi connectivity index (χ4v) is 3.95. The van der Waals surface area contributed by atoms with Gasteiger partial charge in [0.15, 0.2) is 0 Å². The van der Waals surface area contributed by atoms with E-state index in [0.717, 1.165) is 6.54 Å². The predicted octanol–water partition coefficient (Wildman–Crippen LogP) is 8.79. The molecular weight excluding hydrogens is 406 g/mol. The topological polar surface area (TPSA) is 26.0 Å². The van der Waals surface area contributed by atoms with Gasteiger partial charge >= 0.3 is 0 Å². The molecule has 0 saturated heterocycles. The van der Waals surface area contributed by atoms with E-state index in [2.05, 4.69) is 30.3 Å². The molecule has 0 fully saturated rings. The number of benzene rings is 1. The molecule has 0 aromatic heterocycles. The first kappa shape index (κ1) is 27.7. The zero-order valence-electron chi connectivity index (χ0n) is 18.5. The summed E-state index contributed by atoms with van der Waals surface area (Å²) < 4.78 is 0. The Labute approximate surface area is 187 Å². The maximum atomic E-state index is 5.52. The maximum absolute atomic E-state index is 5.52. The molecule has 0 spiro atoms. The molecule has 0 amide bonds. The summed E-state index contributed by atoms with van der Waals surface area (Å²) in [6.07, 6.45) is 26.9. The molecule has 0 aliphatic heterocycles. The molecule has 2 heteroatoms. The number of hydrogen-bond acceptors (Lipinski definition) is 1. The van der Waals surface area contributed by atoms with Gasteiger partial charge < -0.3 is 5.73 Å². The van der Waals surface area contributed by atoms with Crippen molar-refractivity contribution < 1.29 is 0 Å². The van der Waals surface area contributed by atoms with Crippen LogP contribution in [0.1, 0.15) is 121 Å². The van der Waals surface area contributed by atoms with Crippen LogP contribution in [-0.4, -0.2) is 6.54 Å². The second-order valence-electron chi connectivity index (χ2n) is 8.39. The summed E-state index contributed by atoms with van der Waals surface area (Å²) in [5.74, 6) is 0. The Morgan fingerprint density at radius 2 is 0.750 bits per heavy atom. The van der Waals surface area contributed by atoms with Gasteiger partial charge in [-0.1, -0.05) is 133 Å².